The smallest absolute Gasteiger partial charge is 0.310 e. The molecule has 0 spiro atoms. The van der Waals surface area contributed by atoms with Gasteiger partial charge in [0.05, 0.1) is 5.69 Å². The third-order valence-corrected chi connectivity index (χ3v) is 5.33. The third-order valence-electron chi connectivity index (χ3n) is 5.33. The molecule has 0 bridgehead atoms. The van der Waals surface area contributed by atoms with E-state index >= 15 is 0 Å². The van der Waals surface area contributed by atoms with Crippen LogP contribution in [-0.4, -0.2) is 25.8 Å². The van der Waals surface area contributed by atoms with Crippen LogP contribution in [0, 0.1) is 11.6 Å². The summed E-state index contributed by atoms with van der Waals surface area (Å²) < 4.78 is 29.2. The largest absolute Gasteiger partial charge is 0.331 e. The number of imidazole rings is 1. The molecule has 7 heteroatoms. The Hall–Kier alpha value is -3.32. The first-order valence-electron chi connectivity index (χ1n) is 9.43. The van der Waals surface area contributed by atoms with Gasteiger partial charge in [0.2, 0.25) is 0 Å². The summed E-state index contributed by atoms with van der Waals surface area (Å²) in [6.07, 6.45) is 2.16. The van der Waals surface area contributed by atoms with Gasteiger partial charge in [0.15, 0.2) is 0 Å². The number of rotatable bonds is 3. The van der Waals surface area contributed by atoms with E-state index in [-0.39, 0.29) is 16.9 Å². The molecular weight excluding hydrogens is 374 g/mol. The van der Waals surface area contributed by atoms with Crippen LogP contribution in [0.4, 0.5) is 8.78 Å². The maximum Gasteiger partial charge on any atom is 0.331 e. The number of aromatic amines is 1. The van der Waals surface area contributed by atoms with Gasteiger partial charge >= 0.3 is 5.69 Å². The van der Waals surface area contributed by atoms with Crippen LogP contribution in [-0.2, 0) is 19.5 Å². The maximum atomic E-state index is 14.2. The number of halogens is 2. The van der Waals surface area contributed by atoms with Crippen molar-refractivity contribution < 1.29 is 8.78 Å². The predicted molar refractivity (Wildman–Crippen MR) is 105 cm³/mol. The molecule has 1 N–H and O–H groups in total. The van der Waals surface area contributed by atoms with Crippen molar-refractivity contribution >= 4 is 5.65 Å². The zero-order valence-electron chi connectivity index (χ0n) is 15.5. The summed E-state index contributed by atoms with van der Waals surface area (Å²) >= 11 is 0. The predicted octanol–water partition coefficient (Wildman–Crippen LogP) is 3.53. The Morgan fingerprint density at radius 3 is 2.76 bits per heavy atom. The number of nitrogens with one attached hydrogen (secondary N) is 1. The highest BCUT2D eigenvalue weighted by Gasteiger charge is 2.23. The summed E-state index contributed by atoms with van der Waals surface area (Å²) in [6, 6.07) is 13.4. The summed E-state index contributed by atoms with van der Waals surface area (Å²) in [7, 11) is 0. The lowest BCUT2D eigenvalue weighted by Gasteiger charge is -2.28. The second-order valence-electron chi connectivity index (χ2n) is 7.28. The molecule has 1 aliphatic heterocycles. The number of fused-ring (bicyclic) bond motifs is 3. The number of hydrogen-bond donors (Lipinski definition) is 1. The summed E-state index contributed by atoms with van der Waals surface area (Å²) in [5, 5.41) is 0. The highest BCUT2D eigenvalue weighted by Crippen LogP contribution is 2.27. The maximum absolute atomic E-state index is 14.2. The van der Waals surface area contributed by atoms with Gasteiger partial charge in [0, 0.05) is 49.1 Å². The Bertz CT molecular complexity index is 1260. The fourth-order valence-electron chi connectivity index (χ4n) is 3.90. The van der Waals surface area contributed by atoms with Crippen molar-refractivity contribution in [2.24, 2.45) is 0 Å². The normalized spacial score (nSPS) is 14.3. The minimum atomic E-state index is -0.578. The summed E-state index contributed by atoms with van der Waals surface area (Å²) in [6.45, 7) is 2.23. The van der Waals surface area contributed by atoms with Crippen LogP contribution < -0.4 is 5.69 Å². The van der Waals surface area contributed by atoms with Crippen molar-refractivity contribution in [1.82, 2.24) is 19.3 Å². The molecule has 0 saturated carbocycles. The molecule has 0 saturated heterocycles. The standard InChI is InChI=1S/C22H18F2N4O/c23-15-6-7-18(24)16(10-15)20-13-28-21(25-20)17-12-27(9-8-19(17)26-22(28)29)11-14-4-2-1-3-5-14/h1-7,10,13H,8-9,11-12H2,(H,26,29). The van der Waals surface area contributed by atoms with Crippen molar-refractivity contribution in [3.63, 3.8) is 0 Å². The highest BCUT2D eigenvalue weighted by atomic mass is 19.1. The van der Waals surface area contributed by atoms with Gasteiger partial charge in [-0.15, -0.1) is 0 Å². The van der Waals surface area contributed by atoms with Crippen molar-refractivity contribution in [3.05, 3.63) is 93.7 Å². The number of H-pyrrole nitrogens is 1. The molecule has 146 valence electrons. The topological polar surface area (TPSA) is 53.4 Å². The summed E-state index contributed by atoms with van der Waals surface area (Å²) in [5.74, 6) is -1.13. The van der Waals surface area contributed by atoms with E-state index in [9.17, 15) is 13.6 Å². The van der Waals surface area contributed by atoms with Gasteiger partial charge in [-0.3, -0.25) is 9.30 Å². The lowest BCUT2D eigenvalue weighted by Crippen LogP contribution is -2.33. The first-order valence-corrected chi connectivity index (χ1v) is 9.43. The van der Waals surface area contributed by atoms with Gasteiger partial charge in [-0.05, 0) is 23.8 Å². The quantitative estimate of drug-likeness (QED) is 0.580. The molecular formula is C22H18F2N4O. The SMILES string of the molecule is O=c1[nH]c2c(c3nc(-c4cc(F)ccc4F)cn13)CN(Cc1ccccc1)CC2. The van der Waals surface area contributed by atoms with Gasteiger partial charge in [0.25, 0.3) is 0 Å². The van der Waals surface area contributed by atoms with Crippen LogP contribution in [0.3, 0.4) is 0 Å². The molecule has 2 aromatic carbocycles. The zero-order chi connectivity index (χ0) is 20.0. The Labute approximate surface area is 165 Å². The molecule has 0 radical (unpaired) electrons. The average molecular weight is 392 g/mol. The molecule has 3 heterocycles. The minimum Gasteiger partial charge on any atom is -0.310 e. The van der Waals surface area contributed by atoms with Gasteiger partial charge in [-0.1, -0.05) is 30.3 Å². The number of benzene rings is 2. The Balaban J connectivity index is 1.57. The molecule has 0 atom stereocenters. The molecule has 0 amide bonds. The van der Waals surface area contributed by atoms with Gasteiger partial charge in [-0.2, -0.15) is 0 Å². The second kappa shape index (κ2) is 6.93. The van der Waals surface area contributed by atoms with E-state index in [1.54, 1.807) is 0 Å². The third kappa shape index (κ3) is 3.23. The minimum absolute atomic E-state index is 0.0406. The fourth-order valence-corrected chi connectivity index (χ4v) is 3.90. The monoisotopic (exact) mass is 392 g/mol. The lowest BCUT2D eigenvalue weighted by molar-refractivity contribution is 0.243. The van der Waals surface area contributed by atoms with E-state index in [1.807, 2.05) is 18.2 Å². The van der Waals surface area contributed by atoms with Crippen LogP contribution >= 0.6 is 0 Å². The second-order valence-corrected chi connectivity index (χ2v) is 7.28. The van der Waals surface area contributed by atoms with Crippen LogP contribution in [0.5, 0.6) is 0 Å². The summed E-state index contributed by atoms with van der Waals surface area (Å²) in [4.78, 5) is 22.2. The molecule has 4 aromatic rings. The number of aromatic nitrogens is 3. The molecule has 1 aliphatic rings. The highest BCUT2D eigenvalue weighted by molar-refractivity contribution is 5.65. The average Bonchev–Trinajstić information content (AvgIpc) is 3.17. The van der Waals surface area contributed by atoms with E-state index in [4.69, 9.17) is 0 Å². The van der Waals surface area contributed by atoms with E-state index < -0.39 is 11.6 Å². The molecule has 0 aliphatic carbocycles. The van der Waals surface area contributed by atoms with Gasteiger partial charge in [-0.25, -0.2) is 18.6 Å². The first-order chi connectivity index (χ1) is 14.1. The molecule has 0 fully saturated rings. The fraction of sp³-hybridized carbons (Fsp3) is 0.182. The Morgan fingerprint density at radius 2 is 1.93 bits per heavy atom. The van der Waals surface area contributed by atoms with Crippen molar-refractivity contribution in [1.29, 1.82) is 0 Å². The van der Waals surface area contributed by atoms with Crippen LogP contribution in [0.15, 0.2) is 59.5 Å². The lowest BCUT2D eigenvalue weighted by atomic mass is 10.1. The first kappa shape index (κ1) is 17.8. The molecule has 5 nitrogen and oxygen atoms in total. The van der Waals surface area contributed by atoms with E-state index in [0.29, 0.717) is 18.6 Å². The van der Waals surface area contributed by atoms with Crippen molar-refractivity contribution in [2.75, 3.05) is 6.54 Å². The van der Waals surface area contributed by atoms with Crippen LogP contribution in [0.1, 0.15) is 16.8 Å². The molecule has 5 rings (SSSR count). The number of nitrogens with zero attached hydrogens (tertiary/aromatic N) is 3. The van der Waals surface area contributed by atoms with E-state index in [1.165, 1.54) is 16.2 Å². The van der Waals surface area contributed by atoms with Gasteiger partial charge < -0.3 is 4.98 Å². The van der Waals surface area contributed by atoms with Crippen molar-refractivity contribution in [2.45, 2.75) is 19.5 Å². The molecule has 29 heavy (non-hydrogen) atoms. The summed E-state index contributed by atoms with van der Waals surface area (Å²) in [5.41, 5.74) is 3.41. The van der Waals surface area contributed by atoms with E-state index in [2.05, 4.69) is 27.0 Å². The zero-order valence-corrected chi connectivity index (χ0v) is 15.5. The molecule has 0 unspecified atom stereocenters. The van der Waals surface area contributed by atoms with Gasteiger partial charge in [0.1, 0.15) is 17.3 Å². The van der Waals surface area contributed by atoms with E-state index in [0.717, 1.165) is 42.5 Å². The van der Waals surface area contributed by atoms with Crippen LogP contribution in [0.2, 0.25) is 0 Å². The van der Waals surface area contributed by atoms with Crippen LogP contribution in [0.25, 0.3) is 16.9 Å². The Morgan fingerprint density at radius 1 is 1.10 bits per heavy atom. The Kier molecular flexibility index (Phi) is 4.24. The van der Waals surface area contributed by atoms with Crippen molar-refractivity contribution in [3.8, 4) is 11.3 Å². The molecule has 2 aromatic heterocycles. The number of hydrogen-bond acceptors (Lipinski definition) is 3.